The van der Waals surface area contributed by atoms with E-state index in [4.69, 9.17) is 9.82 Å². The molecule has 0 saturated heterocycles. The van der Waals surface area contributed by atoms with Crippen molar-refractivity contribution in [1.29, 1.82) is 0 Å². The average molecular weight is 382 g/mol. The van der Waals surface area contributed by atoms with Crippen molar-refractivity contribution in [2.45, 2.75) is 26.4 Å². The number of hydrogen-bond acceptors (Lipinski definition) is 3. The molecule has 1 N–H and O–H groups in total. The molecule has 0 bridgehead atoms. The lowest BCUT2D eigenvalue weighted by Crippen LogP contribution is -2.31. The molecule has 0 aliphatic rings. The summed E-state index contributed by atoms with van der Waals surface area (Å²) < 4.78 is 1.90. The molecule has 0 spiro atoms. The van der Waals surface area contributed by atoms with Crippen LogP contribution in [0.25, 0.3) is 44.0 Å². The molecule has 0 amide bonds. The summed E-state index contributed by atoms with van der Waals surface area (Å²) >= 11 is 0. The van der Waals surface area contributed by atoms with E-state index in [0.29, 0.717) is 5.52 Å². The lowest BCUT2D eigenvalue weighted by molar-refractivity contribution is -0.00568. The normalized spacial score (nSPS) is 12.1. The molecular weight excluding hydrogens is 360 g/mol. The van der Waals surface area contributed by atoms with Gasteiger partial charge in [0.1, 0.15) is 16.9 Å². The van der Waals surface area contributed by atoms with Crippen molar-refractivity contribution in [1.82, 2.24) is 9.71 Å². The zero-order valence-corrected chi connectivity index (χ0v) is 16.7. The van der Waals surface area contributed by atoms with Gasteiger partial charge in [0.05, 0.1) is 16.7 Å². The fraction of sp³-hybridized carbons (Fsp3) is 0.160. The van der Waals surface area contributed by atoms with Crippen LogP contribution in [0.2, 0.25) is 0 Å². The molecule has 3 aromatic carbocycles. The standard InChI is InChI=1S/C25H22N2O2/c1-25(2,3)29-27-21-11-7-5-9-17(21)15-22(27)18-12-13-23(28)24-19(18)14-16-8-4-6-10-20(16)26-24/h4-15,28H,1-3H3. The van der Waals surface area contributed by atoms with E-state index < -0.39 is 0 Å². The van der Waals surface area contributed by atoms with Crippen LogP contribution in [0.5, 0.6) is 5.75 Å². The molecule has 4 nitrogen and oxygen atoms in total. The van der Waals surface area contributed by atoms with Gasteiger partial charge in [0.15, 0.2) is 0 Å². The van der Waals surface area contributed by atoms with E-state index >= 15 is 0 Å². The molecular formula is C25H22N2O2. The van der Waals surface area contributed by atoms with Gasteiger partial charge in [-0.05, 0) is 57.2 Å². The van der Waals surface area contributed by atoms with Gasteiger partial charge in [-0.3, -0.25) is 0 Å². The highest BCUT2D eigenvalue weighted by Gasteiger charge is 2.20. The molecule has 0 aliphatic heterocycles. The summed E-state index contributed by atoms with van der Waals surface area (Å²) in [4.78, 5) is 11.1. The number of para-hydroxylation sites is 2. The number of hydrogen-bond donors (Lipinski definition) is 1. The van der Waals surface area contributed by atoms with Crippen molar-refractivity contribution in [3.63, 3.8) is 0 Å². The minimum Gasteiger partial charge on any atom is -0.506 e. The fourth-order valence-electron chi connectivity index (χ4n) is 3.76. The Hall–Kier alpha value is -3.53. The van der Waals surface area contributed by atoms with Crippen LogP contribution in [0, 0.1) is 0 Å². The first-order valence-electron chi connectivity index (χ1n) is 9.72. The van der Waals surface area contributed by atoms with Gasteiger partial charge in [-0.25, -0.2) is 4.98 Å². The predicted octanol–water partition coefficient (Wildman–Crippen LogP) is 5.94. The molecule has 2 heterocycles. The van der Waals surface area contributed by atoms with Crippen LogP contribution < -0.4 is 4.84 Å². The highest BCUT2D eigenvalue weighted by atomic mass is 16.7. The van der Waals surface area contributed by atoms with E-state index in [9.17, 15) is 5.11 Å². The number of aromatic nitrogens is 2. The van der Waals surface area contributed by atoms with E-state index in [0.717, 1.165) is 38.4 Å². The molecule has 2 aromatic heterocycles. The number of phenols is 1. The fourth-order valence-corrected chi connectivity index (χ4v) is 3.76. The summed E-state index contributed by atoms with van der Waals surface area (Å²) in [6, 6.07) is 24.0. The first kappa shape index (κ1) is 17.6. The molecule has 0 aliphatic carbocycles. The minimum atomic E-state index is -0.367. The van der Waals surface area contributed by atoms with Crippen LogP contribution in [0.3, 0.4) is 0 Å². The number of pyridine rings is 1. The maximum absolute atomic E-state index is 10.5. The van der Waals surface area contributed by atoms with E-state index in [1.165, 1.54) is 0 Å². The number of nitrogens with zero attached hydrogens (tertiary/aromatic N) is 2. The zero-order chi connectivity index (χ0) is 20.2. The molecule has 0 radical (unpaired) electrons. The maximum atomic E-state index is 10.5. The Morgan fingerprint density at radius 1 is 0.862 bits per heavy atom. The molecule has 29 heavy (non-hydrogen) atoms. The van der Waals surface area contributed by atoms with Crippen LogP contribution in [-0.4, -0.2) is 20.4 Å². The minimum absolute atomic E-state index is 0.175. The molecule has 5 rings (SSSR count). The summed E-state index contributed by atoms with van der Waals surface area (Å²) in [5.41, 5.74) is 3.99. The van der Waals surface area contributed by atoms with Gasteiger partial charge >= 0.3 is 0 Å². The Morgan fingerprint density at radius 3 is 2.38 bits per heavy atom. The summed E-state index contributed by atoms with van der Waals surface area (Å²) in [5, 5.41) is 13.5. The van der Waals surface area contributed by atoms with Crippen LogP contribution in [0.1, 0.15) is 20.8 Å². The number of phenolic OH excluding ortho intramolecular Hbond substituents is 1. The first-order valence-corrected chi connectivity index (χ1v) is 9.72. The molecule has 0 atom stereocenters. The second-order valence-corrected chi connectivity index (χ2v) is 8.30. The molecule has 5 aromatic rings. The van der Waals surface area contributed by atoms with Gasteiger partial charge in [0, 0.05) is 21.7 Å². The average Bonchev–Trinajstić information content (AvgIpc) is 3.04. The molecule has 0 saturated carbocycles. The highest BCUT2D eigenvalue weighted by Crippen LogP contribution is 2.37. The monoisotopic (exact) mass is 382 g/mol. The number of fused-ring (bicyclic) bond motifs is 3. The predicted molar refractivity (Wildman–Crippen MR) is 118 cm³/mol. The van der Waals surface area contributed by atoms with Crippen LogP contribution in [0.15, 0.2) is 72.8 Å². The maximum Gasteiger partial charge on any atom is 0.141 e. The summed E-state index contributed by atoms with van der Waals surface area (Å²) in [6.07, 6.45) is 0. The molecule has 0 fully saturated rings. The van der Waals surface area contributed by atoms with Crippen molar-refractivity contribution in [2.24, 2.45) is 0 Å². The van der Waals surface area contributed by atoms with E-state index in [1.807, 2.05) is 68.0 Å². The zero-order valence-electron chi connectivity index (χ0n) is 16.7. The lowest BCUT2D eigenvalue weighted by Gasteiger charge is -2.24. The quantitative estimate of drug-likeness (QED) is 0.384. The second-order valence-electron chi connectivity index (χ2n) is 8.30. The Labute approximate surface area is 168 Å². The van der Waals surface area contributed by atoms with Crippen LogP contribution in [-0.2, 0) is 0 Å². The number of aromatic hydroxyl groups is 1. The summed E-state index contributed by atoms with van der Waals surface area (Å²) in [7, 11) is 0. The topological polar surface area (TPSA) is 47.3 Å². The third-order valence-corrected chi connectivity index (χ3v) is 4.97. The van der Waals surface area contributed by atoms with Crippen molar-refractivity contribution >= 4 is 32.7 Å². The smallest absolute Gasteiger partial charge is 0.141 e. The summed E-state index contributed by atoms with van der Waals surface area (Å²) in [6.45, 7) is 6.11. The largest absolute Gasteiger partial charge is 0.506 e. The van der Waals surface area contributed by atoms with Gasteiger partial charge in [-0.15, -0.1) is 0 Å². The van der Waals surface area contributed by atoms with E-state index in [2.05, 4.69) is 24.3 Å². The SMILES string of the molecule is CC(C)(C)On1c(-c2ccc(O)c3nc4ccccc4cc23)cc2ccccc21. The Morgan fingerprint density at radius 2 is 1.59 bits per heavy atom. The van der Waals surface area contributed by atoms with Crippen molar-refractivity contribution in [2.75, 3.05) is 0 Å². The van der Waals surface area contributed by atoms with Gasteiger partial charge in [-0.1, -0.05) is 36.4 Å². The van der Waals surface area contributed by atoms with Gasteiger partial charge in [0.25, 0.3) is 0 Å². The van der Waals surface area contributed by atoms with Crippen molar-refractivity contribution in [3.8, 4) is 17.0 Å². The highest BCUT2D eigenvalue weighted by molar-refractivity contribution is 6.04. The lowest BCUT2D eigenvalue weighted by atomic mass is 10.0. The van der Waals surface area contributed by atoms with Crippen molar-refractivity contribution in [3.05, 3.63) is 72.8 Å². The van der Waals surface area contributed by atoms with Crippen LogP contribution >= 0.6 is 0 Å². The third-order valence-electron chi connectivity index (χ3n) is 4.97. The second kappa shape index (κ2) is 6.24. The van der Waals surface area contributed by atoms with E-state index in [-0.39, 0.29) is 11.4 Å². The molecule has 4 heteroatoms. The Kier molecular flexibility index (Phi) is 3.78. The molecule has 0 unspecified atom stereocenters. The number of benzene rings is 3. The molecule has 144 valence electrons. The summed E-state index contributed by atoms with van der Waals surface area (Å²) in [5.74, 6) is 0.175. The number of rotatable bonds is 2. The van der Waals surface area contributed by atoms with E-state index in [1.54, 1.807) is 6.07 Å². The van der Waals surface area contributed by atoms with Crippen LogP contribution in [0.4, 0.5) is 0 Å². The van der Waals surface area contributed by atoms with Gasteiger partial charge in [-0.2, -0.15) is 4.73 Å². The third kappa shape index (κ3) is 2.97. The van der Waals surface area contributed by atoms with Gasteiger partial charge < -0.3 is 9.94 Å². The van der Waals surface area contributed by atoms with Crippen molar-refractivity contribution < 1.29 is 9.94 Å². The van der Waals surface area contributed by atoms with Gasteiger partial charge in [0.2, 0.25) is 0 Å². The first-order chi connectivity index (χ1) is 13.9. The Bertz CT molecular complexity index is 1380. The Balaban J connectivity index is 1.86.